The minimum Gasteiger partial charge on any atom is -0.457 e. The number of hydrogen-bond acceptors (Lipinski definition) is 5. The largest absolute Gasteiger partial charge is 0.457 e. The normalized spacial score (nSPS) is 17.3. The van der Waals surface area contributed by atoms with Crippen molar-refractivity contribution in [2.75, 3.05) is 13.2 Å². The van der Waals surface area contributed by atoms with E-state index in [0.717, 1.165) is 12.0 Å². The summed E-state index contributed by atoms with van der Waals surface area (Å²) in [5.74, 6) is -0.465. The SMILES string of the molecule is CC(C)(C)OC(=O)NC1(CCCCc2ccc(Oc3cc(C(F)(F)F)cc(C(F)(F)F)c3)cc2)CO[Si](C(C)(C)C)(C(C)(C)C)OC1. The Labute approximate surface area is 274 Å². The van der Waals surface area contributed by atoms with Crippen LogP contribution in [0.2, 0.25) is 10.1 Å². The third-order valence-corrected chi connectivity index (χ3v) is 13.0. The predicted octanol–water partition coefficient (Wildman–Crippen LogP) is 10.6. The first-order valence-electron chi connectivity index (χ1n) is 15.6. The van der Waals surface area contributed by atoms with Crippen LogP contribution in [0.15, 0.2) is 42.5 Å². The van der Waals surface area contributed by atoms with E-state index in [4.69, 9.17) is 18.3 Å². The van der Waals surface area contributed by atoms with E-state index in [9.17, 15) is 31.1 Å². The Kier molecular flexibility index (Phi) is 11.2. The van der Waals surface area contributed by atoms with Crippen molar-refractivity contribution in [1.82, 2.24) is 5.32 Å². The number of alkyl carbamates (subject to hydrolysis) is 1. The van der Waals surface area contributed by atoms with Gasteiger partial charge in [-0.05, 0) is 75.9 Å². The molecule has 6 nitrogen and oxygen atoms in total. The van der Waals surface area contributed by atoms with Gasteiger partial charge in [-0.25, -0.2) is 4.79 Å². The summed E-state index contributed by atoms with van der Waals surface area (Å²) in [5.41, 5.74) is -3.48. The quantitative estimate of drug-likeness (QED) is 0.170. The lowest BCUT2D eigenvalue weighted by molar-refractivity contribution is -0.143. The number of benzene rings is 2. The number of alkyl halides is 6. The van der Waals surface area contributed by atoms with Crippen molar-refractivity contribution in [2.24, 2.45) is 0 Å². The first-order valence-corrected chi connectivity index (χ1v) is 17.4. The van der Waals surface area contributed by atoms with Crippen molar-refractivity contribution in [3.8, 4) is 11.5 Å². The molecule has 0 radical (unpaired) electrons. The summed E-state index contributed by atoms with van der Waals surface area (Å²) < 4.78 is 104. The lowest BCUT2D eigenvalue weighted by atomic mass is 9.93. The highest BCUT2D eigenvalue weighted by Crippen LogP contribution is 2.54. The molecule has 1 N–H and O–H groups in total. The Balaban J connectivity index is 1.68. The van der Waals surface area contributed by atoms with Crippen molar-refractivity contribution in [2.45, 2.75) is 122 Å². The first-order chi connectivity index (χ1) is 21.3. The van der Waals surface area contributed by atoms with Crippen molar-refractivity contribution in [1.29, 1.82) is 0 Å². The predicted molar refractivity (Wildman–Crippen MR) is 170 cm³/mol. The highest BCUT2D eigenvalue weighted by atomic mass is 28.4. The molecule has 1 heterocycles. The van der Waals surface area contributed by atoms with Crippen LogP contribution >= 0.6 is 0 Å². The first kappa shape index (κ1) is 38.7. The molecular weight excluding hydrogens is 644 g/mol. The van der Waals surface area contributed by atoms with Gasteiger partial charge in [0.15, 0.2) is 0 Å². The van der Waals surface area contributed by atoms with Gasteiger partial charge in [-0.3, -0.25) is 0 Å². The zero-order valence-corrected chi connectivity index (χ0v) is 29.6. The van der Waals surface area contributed by atoms with Crippen LogP contribution in [0.3, 0.4) is 0 Å². The van der Waals surface area contributed by atoms with Gasteiger partial charge in [0, 0.05) is 10.1 Å². The van der Waals surface area contributed by atoms with Gasteiger partial charge in [-0.15, -0.1) is 0 Å². The van der Waals surface area contributed by atoms with Gasteiger partial charge in [-0.2, -0.15) is 26.3 Å². The summed E-state index contributed by atoms with van der Waals surface area (Å²) in [7, 11) is -2.75. The summed E-state index contributed by atoms with van der Waals surface area (Å²) >= 11 is 0. The Hall–Kier alpha value is -2.77. The van der Waals surface area contributed by atoms with E-state index in [2.05, 4.69) is 46.9 Å². The lowest BCUT2D eigenvalue weighted by Gasteiger charge is -2.55. The molecule has 47 heavy (non-hydrogen) atoms. The number of aryl methyl sites for hydroxylation is 1. The minimum atomic E-state index is -4.97. The highest BCUT2D eigenvalue weighted by molar-refractivity contribution is 6.73. The van der Waals surface area contributed by atoms with Crippen LogP contribution in [0.4, 0.5) is 31.1 Å². The summed E-state index contributed by atoms with van der Waals surface area (Å²) in [6, 6.07) is 7.56. The van der Waals surface area contributed by atoms with E-state index >= 15 is 0 Å². The van der Waals surface area contributed by atoms with Crippen molar-refractivity contribution in [3.05, 3.63) is 59.2 Å². The minimum absolute atomic E-state index is 0.0577. The van der Waals surface area contributed by atoms with Gasteiger partial charge in [-0.1, -0.05) is 60.1 Å². The van der Waals surface area contributed by atoms with Gasteiger partial charge >= 0.3 is 27.0 Å². The van der Waals surface area contributed by atoms with Crippen molar-refractivity contribution < 1.29 is 49.5 Å². The fourth-order valence-corrected chi connectivity index (χ4v) is 11.0. The van der Waals surface area contributed by atoms with E-state index in [1.54, 1.807) is 32.9 Å². The number of rotatable bonds is 8. The number of amides is 1. The number of nitrogens with one attached hydrogen (secondary N) is 1. The Morgan fingerprint density at radius 1 is 0.766 bits per heavy atom. The zero-order valence-electron chi connectivity index (χ0n) is 28.6. The monoisotopic (exact) mass is 691 g/mol. The molecule has 0 spiro atoms. The average Bonchev–Trinajstić information content (AvgIpc) is 2.89. The zero-order chi connectivity index (χ0) is 35.7. The Morgan fingerprint density at radius 2 is 1.26 bits per heavy atom. The van der Waals surface area contributed by atoms with Gasteiger partial charge in [0.25, 0.3) is 0 Å². The molecule has 0 aromatic heterocycles. The molecule has 0 bridgehead atoms. The van der Waals surface area contributed by atoms with Gasteiger partial charge in [0.05, 0.1) is 29.9 Å². The standard InChI is InChI=1S/C34H47F6NO5Si/c1-29(2,3)46-28(42)41-32(21-43-47(44-22-32,30(4,5)6)31(7,8)9)17-11-10-12-23-13-15-26(16-14-23)45-27-19-24(33(35,36)37)18-25(20-27)34(38,39)40/h13-16,18-20H,10-12,17,21-22H2,1-9H3,(H,41,42). The number of ether oxygens (including phenoxy) is 2. The Morgan fingerprint density at radius 3 is 1.68 bits per heavy atom. The van der Waals surface area contributed by atoms with Gasteiger partial charge < -0.3 is 23.6 Å². The second-order valence-electron chi connectivity index (χ2n) is 15.3. The molecule has 13 heteroatoms. The number of unbranched alkanes of at least 4 members (excludes halogenated alkanes) is 1. The Bertz CT molecular complexity index is 1320. The lowest BCUT2D eigenvalue weighted by Crippen LogP contribution is -2.69. The molecular formula is C34H47F6NO5Si. The number of halogens is 6. The maximum Gasteiger partial charge on any atom is 0.416 e. The second-order valence-corrected chi connectivity index (χ2v) is 20.1. The summed E-state index contributed by atoms with van der Waals surface area (Å²) in [5, 5.41) is 2.60. The molecule has 2 aromatic carbocycles. The topological polar surface area (TPSA) is 66.0 Å². The maximum absolute atomic E-state index is 13.2. The molecule has 3 rings (SSSR count). The van der Waals surface area contributed by atoms with Crippen LogP contribution in [0.5, 0.6) is 11.5 Å². The molecule has 0 atom stereocenters. The van der Waals surface area contributed by atoms with E-state index in [1.807, 2.05) is 0 Å². The highest BCUT2D eigenvalue weighted by Gasteiger charge is 2.62. The van der Waals surface area contributed by atoms with E-state index in [-0.39, 0.29) is 35.1 Å². The van der Waals surface area contributed by atoms with Crippen LogP contribution in [-0.2, 0) is 32.4 Å². The second kappa shape index (κ2) is 13.6. The third kappa shape index (κ3) is 10.1. The molecule has 0 aliphatic carbocycles. The third-order valence-electron chi connectivity index (χ3n) is 7.94. The maximum atomic E-state index is 13.2. The fourth-order valence-electron chi connectivity index (χ4n) is 5.99. The van der Waals surface area contributed by atoms with Crippen LogP contribution in [0.1, 0.15) is 98.3 Å². The molecule has 0 saturated carbocycles. The molecule has 1 fully saturated rings. The smallest absolute Gasteiger partial charge is 0.416 e. The molecule has 1 aliphatic heterocycles. The van der Waals surface area contributed by atoms with E-state index in [1.165, 1.54) is 12.1 Å². The number of carbonyl (C=O) groups is 1. The van der Waals surface area contributed by atoms with Gasteiger partial charge in [0.1, 0.15) is 17.1 Å². The number of hydrogen-bond donors (Lipinski definition) is 1. The summed E-state index contributed by atoms with van der Waals surface area (Å²) in [6.45, 7) is 18.7. The van der Waals surface area contributed by atoms with E-state index in [0.29, 0.717) is 31.4 Å². The van der Waals surface area contributed by atoms with Crippen molar-refractivity contribution in [3.63, 3.8) is 0 Å². The molecule has 2 aromatic rings. The van der Waals surface area contributed by atoms with Crippen LogP contribution in [0, 0.1) is 0 Å². The van der Waals surface area contributed by atoms with Crippen molar-refractivity contribution >= 4 is 14.7 Å². The van der Waals surface area contributed by atoms with E-state index < -0.39 is 55.0 Å². The summed E-state index contributed by atoms with van der Waals surface area (Å²) in [4.78, 5) is 12.9. The molecule has 1 saturated heterocycles. The molecule has 1 amide bonds. The number of carbonyl (C=O) groups excluding carboxylic acids is 1. The molecule has 264 valence electrons. The fraction of sp³-hybridized carbons (Fsp3) is 0.618. The van der Waals surface area contributed by atoms with Crippen LogP contribution < -0.4 is 10.1 Å². The summed E-state index contributed by atoms with van der Waals surface area (Å²) in [6.07, 6.45) is -7.87. The average molecular weight is 692 g/mol. The molecule has 1 aliphatic rings. The van der Waals surface area contributed by atoms with Crippen LogP contribution in [-0.4, -0.2) is 39.0 Å². The van der Waals surface area contributed by atoms with Crippen LogP contribution in [0.25, 0.3) is 0 Å². The van der Waals surface area contributed by atoms with Gasteiger partial charge in [0.2, 0.25) is 0 Å². The molecule has 0 unspecified atom stereocenters.